The lowest BCUT2D eigenvalue weighted by Gasteiger charge is -2.34. The zero-order valence-corrected chi connectivity index (χ0v) is 15.3. The van der Waals surface area contributed by atoms with Crippen LogP contribution in [0.4, 0.5) is 4.39 Å². The summed E-state index contributed by atoms with van der Waals surface area (Å²) >= 11 is 0. The Bertz CT molecular complexity index is 721. The van der Waals surface area contributed by atoms with Crippen LogP contribution in [-0.4, -0.2) is 49.0 Å². The van der Waals surface area contributed by atoms with E-state index >= 15 is 0 Å². The molecule has 4 nitrogen and oxygen atoms in total. The summed E-state index contributed by atoms with van der Waals surface area (Å²) in [6.07, 6.45) is -0.131. The highest BCUT2D eigenvalue weighted by Gasteiger charge is 2.26. The monoisotopic (exact) mass is 356 g/mol. The van der Waals surface area contributed by atoms with Crippen molar-refractivity contribution in [3.63, 3.8) is 0 Å². The van der Waals surface area contributed by atoms with E-state index < -0.39 is 0 Å². The van der Waals surface area contributed by atoms with Gasteiger partial charge in [-0.1, -0.05) is 42.5 Å². The zero-order chi connectivity index (χ0) is 18.5. The molecular formula is C21H25FN2O2. The molecule has 0 aromatic heterocycles. The van der Waals surface area contributed by atoms with Crippen LogP contribution in [0, 0.1) is 5.82 Å². The Labute approximate surface area is 154 Å². The number of likely N-dealkylation sites (N-methyl/N-ethyl adjacent to an activating group) is 1. The maximum absolute atomic E-state index is 13.1. The van der Waals surface area contributed by atoms with Gasteiger partial charge in [-0.2, -0.15) is 0 Å². The second kappa shape index (κ2) is 8.43. The Kier molecular flexibility index (Phi) is 6.01. The molecule has 0 N–H and O–H groups in total. The minimum absolute atomic E-state index is 0.0256. The van der Waals surface area contributed by atoms with Crippen LogP contribution in [0.3, 0.4) is 0 Å². The molecule has 5 heteroatoms. The lowest BCUT2D eigenvalue weighted by atomic mass is 10.1. The van der Waals surface area contributed by atoms with Crippen molar-refractivity contribution in [2.24, 2.45) is 0 Å². The maximum Gasteiger partial charge on any atom is 0.236 e. The van der Waals surface area contributed by atoms with Crippen molar-refractivity contribution in [1.82, 2.24) is 9.80 Å². The highest BCUT2D eigenvalue weighted by molar-refractivity contribution is 5.78. The van der Waals surface area contributed by atoms with E-state index in [2.05, 4.69) is 4.90 Å². The summed E-state index contributed by atoms with van der Waals surface area (Å²) in [5.74, 6) is -0.172. The average molecular weight is 356 g/mol. The lowest BCUT2D eigenvalue weighted by molar-refractivity contribution is -0.135. The summed E-state index contributed by atoms with van der Waals surface area (Å²) < 4.78 is 18.9. The van der Waals surface area contributed by atoms with E-state index in [0.29, 0.717) is 19.7 Å². The first kappa shape index (κ1) is 18.5. The molecule has 1 saturated heterocycles. The largest absolute Gasteiger partial charge is 0.371 e. The molecule has 0 unspecified atom stereocenters. The molecule has 1 heterocycles. The van der Waals surface area contributed by atoms with Crippen molar-refractivity contribution < 1.29 is 13.9 Å². The Morgan fingerprint density at radius 3 is 2.62 bits per heavy atom. The number of carbonyl (C=O) groups is 1. The third-order valence-corrected chi connectivity index (χ3v) is 5.01. The number of halogens is 1. The van der Waals surface area contributed by atoms with E-state index in [-0.39, 0.29) is 23.9 Å². The minimum Gasteiger partial charge on any atom is -0.371 e. The van der Waals surface area contributed by atoms with Crippen molar-refractivity contribution in [2.75, 3.05) is 33.3 Å². The second-order valence-corrected chi connectivity index (χ2v) is 6.74. The first-order valence-corrected chi connectivity index (χ1v) is 8.94. The first-order valence-electron chi connectivity index (χ1n) is 8.94. The van der Waals surface area contributed by atoms with Crippen molar-refractivity contribution in [2.45, 2.75) is 19.1 Å². The molecule has 0 bridgehead atoms. The van der Waals surface area contributed by atoms with E-state index in [1.807, 2.05) is 44.3 Å². The van der Waals surface area contributed by atoms with E-state index in [9.17, 15) is 9.18 Å². The number of hydrogen-bond donors (Lipinski definition) is 0. The summed E-state index contributed by atoms with van der Waals surface area (Å²) in [5, 5.41) is 0. The molecule has 2 aromatic carbocycles. The summed E-state index contributed by atoms with van der Waals surface area (Å²) in [6.45, 7) is 4.30. The molecule has 2 aromatic rings. The molecule has 1 aliphatic heterocycles. The highest BCUT2D eigenvalue weighted by atomic mass is 19.1. The van der Waals surface area contributed by atoms with Gasteiger partial charge in [0.25, 0.3) is 0 Å². The zero-order valence-electron chi connectivity index (χ0n) is 15.3. The molecule has 3 rings (SSSR count). The molecule has 0 saturated carbocycles. The van der Waals surface area contributed by atoms with Gasteiger partial charge in [-0.25, -0.2) is 4.39 Å². The van der Waals surface area contributed by atoms with Crippen molar-refractivity contribution >= 4 is 5.91 Å². The fourth-order valence-electron chi connectivity index (χ4n) is 3.20. The standard InChI is InChI=1S/C21H25FN2O2/c1-16(17-6-4-3-5-7-17)23(2)21(25)15-24-12-13-26-20(14-24)18-8-10-19(22)11-9-18/h3-11,16,20H,12-15H2,1-2H3/t16-,20-/m0/s1. The number of carbonyl (C=O) groups excluding carboxylic acids is 1. The summed E-state index contributed by atoms with van der Waals surface area (Å²) in [4.78, 5) is 16.6. The Morgan fingerprint density at radius 2 is 1.92 bits per heavy atom. The third-order valence-electron chi connectivity index (χ3n) is 5.01. The summed E-state index contributed by atoms with van der Waals surface area (Å²) in [6, 6.07) is 16.4. The van der Waals surface area contributed by atoms with Crippen LogP contribution in [0.15, 0.2) is 54.6 Å². The smallest absolute Gasteiger partial charge is 0.236 e. The molecular weight excluding hydrogens is 331 g/mol. The maximum atomic E-state index is 13.1. The van der Waals surface area contributed by atoms with Crippen LogP contribution >= 0.6 is 0 Å². The lowest BCUT2D eigenvalue weighted by Crippen LogP contribution is -2.45. The van der Waals surface area contributed by atoms with Crippen LogP contribution in [0.25, 0.3) is 0 Å². The van der Waals surface area contributed by atoms with Crippen molar-refractivity contribution in [3.05, 3.63) is 71.5 Å². The van der Waals surface area contributed by atoms with Gasteiger partial charge in [0.05, 0.1) is 25.3 Å². The molecule has 1 fully saturated rings. The van der Waals surface area contributed by atoms with Gasteiger partial charge in [-0.3, -0.25) is 9.69 Å². The van der Waals surface area contributed by atoms with Crippen LogP contribution < -0.4 is 0 Å². The van der Waals surface area contributed by atoms with Crippen LogP contribution in [0.5, 0.6) is 0 Å². The molecule has 0 aliphatic carbocycles. The SMILES string of the molecule is C[C@@H](c1ccccc1)N(C)C(=O)CN1CCO[C@H](c2ccc(F)cc2)C1. The third kappa shape index (κ3) is 4.48. The molecule has 0 radical (unpaired) electrons. The molecule has 1 aliphatic rings. The first-order chi connectivity index (χ1) is 12.5. The van der Waals surface area contributed by atoms with Crippen LogP contribution in [0.2, 0.25) is 0 Å². The van der Waals surface area contributed by atoms with Gasteiger partial charge >= 0.3 is 0 Å². The number of hydrogen-bond acceptors (Lipinski definition) is 3. The fourth-order valence-corrected chi connectivity index (χ4v) is 3.20. The Balaban J connectivity index is 1.59. The minimum atomic E-state index is -0.256. The highest BCUT2D eigenvalue weighted by Crippen LogP contribution is 2.23. The van der Waals surface area contributed by atoms with Crippen molar-refractivity contribution in [1.29, 1.82) is 0 Å². The summed E-state index contributed by atoms with van der Waals surface area (Å²) in [5.41, 5.74) is 2.06. The molecule has 0 spiro atoms. The Morgan fingerprint density at radius 1 is 1.23 bits per heavy atom. The topological polar surface area (TPSA) is 32.8 Å². The van der Waals surface area contributed by atoms with Gasteiger partial charge in [-0.05, 0) is 30.2 Å². The number of rotatable bonds is 5. The summed E-state index contributed by atoms with van der Waals surface area (Å²) in [7, 11) is 1.85. The Hall–Kier alpha value is -2.24. The van der Waals surface area contributed by atoms with E-state index in [1.165, 1.54) is 12.1 Å². The molecule has 138 valence electrons. The van der Waals surface area contributed by atoms with Crippen LogP contribution in [0.1, 0.15) is 30.2 Å². The van der Waals surface area contributed by atoms with Crippen LogP contribution in [-0.2, 0) is 9.53 Å². The van der Waals surface area contributed by atoms with Gasteiger partial charge in [0.1, 0.15) is 5.82 Å². The number of amides is 1. The number of benzene rings is 2. The van der Waals surface area contributed by atoms with E-state index in [0.717, 1.165) is 17.7 Å². The quantitative estimate of drug-likeness (QED) is 0.823. The van der Waals surface area contributed by atoms with E-state index in [4.69, 9.17) is 4.74 Å². The normalized spacial score (nSPS) is 19.1. The average Bonchev–Trinajstić information content (AvgIpc) is 2.68. The molecule has 26 heavy (non-hydrogen) atoms. The predicted octanol–water partition coefficient (Wildman–Crippen LogP) is 3.42. The van der Waals surface area contributed by atoms with Gasteiger partial charge in [0.15, 0.2) is 0 Å². The number of nitrogens with zero attached hydrogens (tertiary/aromatic N) is 2. The molecule has 1 amide bonds. The predicted molar refractivity (Wildman–Crippen MR) is 99.2 cm³/mol. The number of ether oxygens (including phenoxy) is 1. The van der Waals surface area contributed by atoms with Gasteiger partial charge in [0, 0.05) is 20.1 Å². The van der Waals surface area contributed by atoms with E-state index in [1.54, 1.807) is 17.0 Å². The van der Waals surface area contributed by atoms with Crippen molar-refractivity contribution in [3.8, 4) is 0 Å². The second-order valence-electron chi connectivity index (χ2n) is 6.74. The van der Waals surface area contributed by atoms with Gasteiger partial charge < -0.3 is 9.64 Å². The number of morpholine rings is 1. The van der Waals surface area contributed by atoms with Gasteiger partial charge in [0.2, 0.25) is 5.91 Å². The molecule has 2 atom stereocenters. The fraction of sp³-hybridized carbons (Fsp3) is 0.381. The van der Waals surface area contributed by atoms with Gasteiger partial charge in [-0.15, -0.1) is 0 Å².